The monoisotopic (exact) mass is 476 g/mol. The summed E-state index contributed by atoms with van der Waals surface area (Å²) in [6.45, 7) is -0.373. The van der Waals surface area contributed by atoms with E-state index in [2.05, 4.69) is 5.32 Å². The number of ether oxygens (including phenoxy) is 1. The number of anilines is 1. The number of methoxy groups -OCH3 is 1. The van der Waals surface area contributed by atoms with Crippen LogP contribution in [-0.2, 0) is 14.8 Å². The SMILES string of the molecule is COc1ccc(Cl)cc1S(=O)(=O)N(C)CC(=O)Nc1ccccc1Sc1ccccc1. The molecule has 3 rings (SSSR count). The van der Waals surface area contributed by atoms with Gasteiger partial charge in [0.05, 0.1) is 19.3 Å². The number of halogens is 1. The van der Waals surface area contributed by atoms with Crippen LogP contribution in [0.25, 0.3) is 0 Å². The van der Waals surface area contributed by atoms with E-state index in [1.807, 2.05) is 48.5 Å². The summed E-state index contributed by atoms with van der Waals surface area (Å²) in [5.41, 5.74) is 0.604. The number of nitrogens with zero attached hydrogens (tertiary/aromatic N) is 1. The van der Waals surface area contributed by atoms with Crippen LogP contribution in [0.15, 0.2) is 87.5 Å². The van der Waals surface area contributed by atoms with Crippen LogP contribution in [0, 0.1) is 0 Å². The Morgan fingerprint density at radius 3 is 2.45 bits per heavy atom. The zero-order chi connectivity index (χ0) is 22.4. The summed E-state index contributed by atoms with van der Waals surface area (Å²) >= 11 is 7.47. The lowest BCUT2D eigenvalue weighted by atomic mass is 10.3. The Balaban J connectivity index is 1.75. The van der Waals surface area contributed by atoms with E-state index in [1.165, 1.54) is 44.1 Å². The first-order chi connectivity index (χ1) is 14.8. The van der Waals surface area contributed by atoms with Crippen molar-refractivity contribution in [3.05, 3.63) is 77.8 Å². The second kappa shape index (κ2) is 10.2. The predicted octanol–water partition coefficient (Wildman–Crippen LogP) is 4.76. The lowest BCUT2D eigenvalue weighted by molar-refractivity contribution is -0.116. The Bertz CT molecular complexity index is 1170. The van der Waals surface area contributed by atoms with E-state index >= 15 is 0 Å². The van der Waals surface area contributed by atoms with E-state index < -0.39 is 15.9 Å². The summed E-state index contributed by atoms with van der Waals surface area (Å²) in [6.07, 6.45) is 0. The average molecular weight is 477 g/mol. The number of sulfonamides is 1. The van der Waals surface area contributed by atoms with Crippen molar-refractivity contribution in [3.8, 4) is 5.75 Å². The van der Waals surface area contributed by atoms with Crippen molar-refractivity contribution in [2.24, 2.45) is 0 Å². The van der Waals surface area contributed by atoms with Gasteiger partial charge in [-0.2, -0.15) is 4.31 Å². The number of hydrogen-bond acceptors (Lipinski definition) is 5. The fourth-order valence-corrected chi connectivity index (χ4v) is 5.24. The van der Waals surface area contributed by atoms with Gasteiger partial charge >= 0.3 is 0 Å². The molecule has 9 heteroatoms. The number of carbonyl (C=O) groups is 1. The molecule has 0 radical (unpaired) electrons. The highest BCUT2D eigenvalue weighted by molar-refractivity contribution is 7.99. The molecule has 0 aromatic heterocycles. The number of hydrogen-bond donors (Lipinski definition) is 1. The molecule has 0 atom stereocenters. The van der Waals surface area contributed by atoms with Crippen LogP contribution in [0.4, 0.5) is 5.69 Å². The molecule has 0 aliphatic rings. The molecule has 0 aliphatic heterocycles. The van der Waals surface area contributed by atoms with Crippen LogP contribution in [0.3, 0.4) is 0 Å². The zero-order valence-corrected chi connectivity index (χ0v) is 19.3. The van der Waals surface area contributed by atoms with Gasteiger partial charge in [0.2, 0.25) is 15.9 Å². The fourth-order valence-electron chi connectivity index (χ4n) is 2.77. The minimum absolute atomic E-state index is 0.0992. The lowest BCUT2D eigenvalue weighted by Crippen LogP contribution is -2.35. The van der Waals surface area contributed by atoms with Crippen molar-refractivity contribution < 1.29 is 17.9 Å². The Labute approximate surface area is 191 Å². The maximum Gasteiger partial charge on any atom is 0.247 e. The second-order valence-corrected chi connectivity index (χ2v) is 10.1. The van der Waals surface area contributed by atoms with E-state index in [4.69, 9.17) is 16.3 Å². The molecule has 0 unspecified atom stereocenters. The number of rotatable bonds is 8. The van der Waals surface area contributed by atoms with Gasteiger partial charge in [0.25, 0.3) is 0 Å². The van der Waals surface area contributed by atoms with Crippen molar-refractivity contribution in [3.63, 3.8) is 0 Å². The molecule has 3 aromatic rings. The van der Waals surface area contributed by atoms with Crippen LogP contribution >= 0.6 is 23.4 Å². The van der Waals surface area contributed by atoms with Crippen molar-refractivity contribution in [2.45, 2.75) is 14.7 Å². The normalized spacial score (nSPS) is 11.4. The van der Waals surface area contributed by atoms with E-state index in [0.717, 1.165) is 14.1 Å². The van der Waals surface area contributed by atoms with Crippen molar-refractivity contribution in [1.82, 2.24) is 4.31 Å². The molecular weight excluding hydrogens is 456 g/mol. The molecule has 0 saturated carbocycles. The van der Waals surface area contributed by atoms with E-state index in [0.29, 0.717) is 5.69 Å². The van der Waals surface area contributed by atoms with E-state index in [1.54, 1.807) is 6.07 Å². The highest BCUT2D eigenvalue weighted by Gasteiger charge is 2.27. The quantitative estimate of drug-likeness (QED) is 0.507. The Kier molecular flexibility index (Phi) is 7.61. The molecule has 0 spiro atoms. The van der Waals surface area contributed by atoms with Gasteiger partial charge in [-0.05, 0) is 42.5 Å². The molecule has 3 aromatic carbocycles. The van der Waals surface area contributed by atoms with Gasteiger partial charge in [0.15, 0.2) is 0 Å². The van der Waals surface area contributed by atoms with Crippen molar-refractivity contribution >= 4 is 45.0 Å². The number of benzene rings is 3. The Hall–Kier alpha value is -2.52. The summed E-state index contributed by atoms with van der Waals surface area (Å²) in [4.78, 5) is 14.4. The summed E-state index contributed by atoms with van der Waals surface area (Å²) in [5, 5.41) is 3.06. The largest absolute Gasteiger partial charge is 0.495 e. The minimum atomic E-state index is -3.99. The summed E-state index contributed by atoms with van der Waals surface area (Å²) < 4.78 is 32.0. The first kappa shape index (κ1) is 23.1. The Morgan fingerprint density at radius 1 is 1.06 bits per heavy atom. The molecule has 31 heavy (non-hydrogen) atoms. The zero-order valence-electron chi connectivity index (χ0n) is 16.9. The number of likely N-dealkylation sites (N-methyl/N-ethyl adjacent to an activating group) is 1. The van der Waals surface area contributed by atoms with Crippen molar-refractivity contribution in [2.75, 3.05) is 26.0 Å². The molecular formula is C22H21ClN2O4S2. The maximum atomic E-state index is 13.0. The molecule has 162 valence electrons. The third-order valence-corrected chi connectivity index (χ3v) is 7.46. The maximum absolute atomic E-state index is 13.0. The lowest BCUT2D eigenvalue weighted by Gasteiger charge is -2.19. The van der Waals surface area contributed by atoms with Crippen molar-refractivity contribution in [1.29, 1.82) is 0 Å². The highest BCUT2D eigenvalue weighted by atomic mass is 35.5. The Morgan fingerprint density at radius 2 is 1.74 bits per heavy atom. The van der Waals surface area contributed by atoms with Gasteiger partial charge in [-0.25, -0.2) is 8.42 Å². The number of nitrogens with one attached hydrogen (secondary N) is 1. The van der Waals surface area contributed by atoms with Crippen LogP contribution < -0.4 is 10.1 Å². The first-order valence-electron chi connectivity index (χ1n) is 9.23. The highest BCUT2D eigenvalue weighted by Crippen LogP contribution is 2.33. The van der Waals surface area contributed by atoms with Crippen LogP contribution in [0.2, 0.25) is 5.02 Å². The number of para-hydroxylation sites is 1. The third-order valence-electron chi connectivity index (χ3n) is 4.31. The molecule has 0 bridgehead atoms. The summed E-state index contributed by atoms with van der Waals surface area (Å²) in [7, 11) is -1.29. The van der Waals surface area contributed by atoms with E-state index in [-0.39, 0.29) is 22.2 Å². The van der Waals surface area contributed by atoms with Crippen LogP contribution in [-0.4, -0.2) is 39.3 Å². The molecule has 1 amide bonds. The third kappa shape index (κ3) is 5.80. The smallest absolute Gasteiger partial charge is 0.247 e. The van der Waals surface area contributed by atoms with Gasteiger partial charge in [-0.1, -0.05) is 53.7 Å². The standard InChI is InChI=1S/C22H21ClN2O4S2/c1-25(31(27,28)21-14-16(23)12-13-19(21)29-2)15-22(26)24-18-10-6-7-11-20(18)30-17-8-4-3-5-9-17/h3-14H,15H2,1-2H3,(H,24,26). The second-order valence-electron chi connectivity index (χ2n) is 6.52. The molecule has 0 aliphatic carbocycles. The average Bonchev–Trinajstić information content (AvgIpc) is 2.75. The van der Waals surface area contributed by atoms with E-state index in [9.17, 15) is 13.2 Å². The van der Waals surface area contributed by atoms with Gasteiger partial charge in [0.1, 0.15) is 10.6 Å². The van der Waals surface area contributed by atoms with Gasteiger partial charge in [-0.15, -0.1) is 0 Å². The number of carbonyl (C=O) groups excluding carboxylic acids is 1. The fraction of sp³-hybridized carbons (Fsp3) is 0.136. The molecule has 0 fully saturated rings. The molecule has 6 nitrogen and oxygen atoms in total. The summed E-state index contributed by atoms with van der Waals surface area (Å²) in [5.74, 6) is -0.311. The van der Waals surface area contributed by atoms with Gasteiger partial charge in [0, 0.05) is 21.9 Å². The minimum Gasteiger partial charge on any atom is -0.495 e. The molecule has 0 saturated heterocycles. The molecule has 1 N–H and O–H groups in total. The summed E-state index contributed by atoms with van der Waals surface area (Å²) in [6, 6.07) is 21.4. The first-order valence-corrected chi connectivity index (χ1v) is 11.9. The van der Waals surface area contributed by atoms with Crippen LogP contribution in [0.1, 0.15) is 0 Å². The van der Waals surface area contributed by atoms with Crippen LogP contribution in [0.5, 0.6) is 5.75 Å². The van der Waals surface area contributed by atoms with Gasteiger partial charge < -0.3 is 10.1 Å². The topological polar surface area (TPSA) is 75.7 Å². The predicted molar refractivity (Wildman–Crippen MR) is 123 cm³/mol. The number of amides is 1. The van der Waals surface area contributed by atoms with Gasteiger partial charge in [-0.3, -0.25) is 4.79 Å². The molecule has 0 heterocycles.